The largest absolute Gasteiger partial charge is 0.368 e. The molecule has 0 saturated carbocycles. The number of ether oxygens (including phenoxy) is 1. The van der Waals surface area contributed by atoms with Gasteiger partial charge in [0.1, 0.15) is 6.10 Å². The van der Waals surface area contributed by atoms with E-state index < -0.39 is 0 Å². The third kappa shape index (κ3) is 1.79. The Hall–Kier alpha value is -1.60. The van der Waals surface area contributed by atoms with Gasteiger partial charge in [-0.25, -0.2) is 0 Å². The molecule has 3 rings (SSSR count). The summed E-state index contributed by atoms with van der Waals surface area (Å²) in [4.78, 5) is 0. The minimum Gasteiger partial charge on any atom is -0.368 e. The third-order valence-electron chi connectivity index (χ3n) is 2.72. The first-order valence-corrected chi connectivity index (χ1v) is 5.20. The second kappa shape index (κ2) is 3.52. The van der Waals surface area contributed by atoms with E-state index in [-0.39, 0.29) is 0 Å². The molecule has 1 aliphatic heterocycles. The molecule has 1 atom stereocenters. The molecule has 0 bridgehead atoms. The minimum atomic E-state index is 0.356. The smallest absolute Gasteiger partial charge is 0.106 e. The summed E-state index contributed by atoms with van der Waals surface area (Å²) in [5.74, 6) is 0. The van der Waals surface area contributed by atoms with Crippen molar-refractivity contribution in [2.75, 3.05) is 6.61 Å². The van der Waals surface area contributed by atoms with Gasteiger partial charge in [0.05, 0.1) is 6.61 Å². The van der Waals surface area contributed by atoms with E-state index >= 15 is 0 Å². The van der Waals surface area contributed by atoms with Gasteiger partial charge in [-0.15, -0.1) is 0 Å². The highest BCUT2D eigenvalue weighted by atomic mass is 16.6. The van der Waals surface area contributed by atoms with Gasteiger partial charge in [-0.1, -0.05) is 54.6 Å². The zero-order valence-electron chi connectivity index (χ0n) is 8.39. The van der Waals surface area contributed by atoms with Gasteiger partial charge in [0.25, 0.3) is 0 Å². The van der Waals surface area contributed by atoms with Crippen LogP contribution in [0.4, 0.5) is 0 Å². The van der Waals surface area contributed by atoms with Crippen LogP contribution < -0.4 is 0 Å². The minimum absolute atomic E-state index is 0.356. The Balaban J connectivity index is 1.93. The number of hydrogen-bond acceptors (Lipinski definition) is 1. The summed E-state index contributed by atoms with van der Waals surface area (Å²) < 4.78 is 5.24. The van der Waals surface area contributed by atoms with Crippen LogP contribution in [0.25, 0.3) is 11.1 Å². The van der Waals surface area contributed by atoms with Crippen LogP contribution in [-0.4, -0.2) is 6.61 Å². The topological polar surface area (TPSA) is 12.5 Å². The van der Waals surface area contributed by atoms with Gasteiger partial charge in [0.2, 0.25) is 0 Å². The Morgan fingerprint density at radius 2 is 1.40 bits per heavy atom. The quantitative estimate of drug-likeness (QED) is 0.670. The molecule has 1 nitrogen and oxygen atoms in total. The lowest BCUT2D eigenvalue weighted by atomic mass is 10.0. The van der Waals surface area contributed by atoms with Crippen LogP contribution in [0.2, 0.25) is 0 Å². The van der Waals surface area contributed by atoms with Gasteiger partial charge in [-0.2, -0.15) is 0 Å². The molecule has 0 radical (unpaired) electrons. The highest BCUT2D eigenvalue weighted by Crippen LogP contribution is 2.31. The van der Waals surface area contributed by atoms with Crippen molar-refractivity contribution in [3.63, 3.8) is 0 Å². The normalized spacial score (nSPS) is 18.8. The molecule has 0 spiro atoms. The maximum absolute atomic E-state index is 5.24. The third-order valence-corrected chi connectivity index (χ3v) is 2.72. The van der Waals surface area contributed by atoms with Crippen LogP contribution in [0.5, 0.6) is 0 Å². The van der Waals surface area contributed by atoms with Crippen LogP contribution in [0, 0.1) is 0 Å². The van der Waals surface area contributed by atoms with E-state index in [1.54, 1.807) is 0 Å². The maximum atomic E-state index is 5.24. The first-order chi connectivity index (χ1) is 7.43. The van der Waals surface area contributed by atoms with Gasteiger partial charge in [0, 0.05) is 0 Å². The first kappa shape index (κ1) is 8.69. The van der Waals surface area contributed by atoms with E-state index in [0.29, 0.717) is 6.10 Å². The van der Waals surface area contributed by atoms with E-state index in [4.69, 9.17) is 4.74 Å². The van der Waals surface area contributed by atoms with Gasteiger partial charge >= 0.3 is 0 Å². The van der Waals surface area contributed by atoms with Crippen LogP contribution >= 0.6 is 0 Å². The summed E-state index contributed by atoms with van der Waals surface area (Å²) in [6.45, 7) is 0.880. The molecule has 1 heteroatoms. The number of benzene rings is 2. The number of epoxide rings is 1. The zero-order chi connectivity index (χ0) is 10.1. The molecular formula is C14H12O. The average molecular weight is 196 g/mol. The summed E-state index contributed by atoms with van der Waals surface area (Å²) in [6, 6.07) is 19.0. The Labute approximate surface area is 89.3 Å². The van der Waals surface area contributed by atoms with Gasteiger partial charge in [0.15, 0.2) is 0 Å². The fourth-order valence-electron chi connectivity index (χ4n) is 1.76. The lowest BCUT2D eigenvalue weighted by Crippen LogP contribution is -1.81. The van der Waals surface area contributed by atoms with E-state index in [9.17, 15) is 0 Å². The van der Waals surface area contributed by atoms with Crippen molar-refractivity contribution in [1.29, 1.82) is 0 Å². The molecule has 0 N–H and O–H groups in total. The van der Waals surface area contributed by atoms with Crippen LogP contribution in [-0.2, 0) is 4.74 Å². The SMILES string of the molecule is c1ccc(-c2ccc([C@H]3CO3)cc2)cc1. The van der Waals surface area contributed by atoms with Crippen molar-refractivity contribution >= 4 is 0 Å². The molecule has 1 saturated heterocycles. The van der Waals surface area contributed by atoms with E-state index in [1.807, 2.05) is 6.07 Å². The maximum Gasteiger partial charge on any atom is 0.106 e. The number of rotatable bonds is 2. The lowest BCUT2D eigenvalue weighted by molar-refractivity contribution is 0.415. The molecule has 2 aromatic carbocycles. The van der Waals surface area contributed by atoms with Crippen molar-refractivity contribution in [1.82, 2.24) is 0 Å². The molecular weight excluding hydrogens is 184 g/mol. The fraction of sp³-hybridized carbons (Fsp3) is 0.143. The molecule has 1 heterocycles. The Morgan fingerprint density at radius 1 is 0.800 bits per heavy atom. The monoisotopic (exact) mass is 196 g/mol. The molecule has 15 heavy (non-hydrogen) atoms. The summed E-state index contributed by atoms with van der Waals surface area (Å²) in [5.41, 5.74) is 3.82. The summed E-state index contributed by atoms with van der Waals surface area (Å²) in [5, 5.41) is 0. The molecule has 0 aliphatic carbocycles. The Kier molecular flexibility index (Phi) is 2.04. The van der Waals surface area contributed by atoms with E-state index in [1.165, 1.54) is 16.7 Å². The average Bonchev–Trinajstić information content (AvgIpc) is 3.15. The second-order valence-corrected chi connectivity index (χ2v) is 3.81. The fourth-order valence-corrected chi connectivity index (χ4v) is 1.76. The van der Waals surface area contributed by atoms with Crippen molar-refractivity contribution in [3.8, 4) is 11.1 Å². The molecule has 0 amide bonds. The van der Waals surface area contributed by atoms with Crippen LogP contribution in [0.3, 0.4) is 0 Å². The first-order valence-electron chi connectivity index (χ1n) is 5.20. The second-order valence-electron chi connectivity index (χ2n) is 3.81. The lowest BCUT2D eigenvalue weighted by Gasteiger charge is -2.02. The van der Waals surface area contributed by atoms with Crippen LogP contribution in [0.15, 0.2) is 54.6 Å². The number of hydrogen-bond donors (Lipinski definition) is 0. The van der Waals surface area contributed by atoms with E-state index in [0.717, 1.165) is 6.61 Å². The molecule has 2 aromatic rings. The Morgan fingerprint density at radius 3 is 2.00 bits per heavy atom. The zero-order valence-corrected chi connectivity index (χ0v) is 8.39. The standard InChI is InChI=1S/C14H12O/c1-2-4-11(5-3-1)12-6-8-13(9-7-12)14-10-15-14/h1-9,14H,10H2/t14-/m1/s1. The predicted molar refractivity (Wildman–Crippen MR) is 60.6 cm³/mol. The van der Waals surface area contributed by atoms with Crippen molar-refractivity contribution in [2.24, 2.45) is 0 Å². The molecule has 1 aliphatic rings. The highest BCUT2D eigenvalue weighted by Gasteiger charge is 2.24. The summed E-state index contributed by atoms with van der Waals surface area (Å²) >= 11 is 0. The van der Waals surface area contributed by atoms with Gasteiger partial charge in [-0.05, 0) is 16.7 Å². The molecule has 0 unspecified atom stereocenters. The van der Waals surface area contributed by atoms with Crippen molar-refractivity contribution in [2.45, 2.75) is 6.10 Å². The summed E-state index contributed by atoms with van der Waals surface area (Å²) in [7, 11) is 0. The van der Waals surface area contributed by atoms with Crippen LogP contribution in [0.1, 0.15) is 11.7 Å². The Bertz CT molecular complexity index is 441. The van der Waals surface area contributed by atoms with Gasteiger partial charge in [-0.3, -0.25) is 0 Å². The molecule has 74 valence electrons. The predicted octanol–water partition coefficient (Wildman–Crippen LogP) is 3.42. The highest BCUT2D eigenvalue weighted by molar-refractivity contribution is 5.63. The van der Waals surface area contributed by atoms with Gasteiger partial charge < -0.3 is 4.74 Å². The molecule has 0 aromatic heterocycles. The van der Waals surface area contributed by atoms with Crippen molar-refractivity contribution in [3.05, 3.63) is 60.2 Å². The summed E-state index contributed by atoms with van der Waals surface area (Å²) in [6.07, 6.45) is 0.356. The van der Waals surface area contributed by atoms with E-state index in [2.05, 4.69) is 48.5 Å². The molecule has 1 fully saturated rings. The van der Waals surface area contributed by atoms with Crippen molar-refractivity contribution < 1.29 is 4.74 Å².